The molecule has 0 aromatic heterocycles. The van der Waals surface area contributed by atoms with Gasteiger partial charge in [-0.1, -0.05) is 60.7 Å². The van der Waals surface area contributed by atoms with E-state index >= 15 is 0 Å². The minimum absolute atomic E-state index is 0.119. The maximum Gasteiger partial charge on any atom is 0.0814 e. The lowest BCUT2D eigenvalue weighted by Crippen LogP contribution is -2.22. The average molecular weight is 316 g/mol. The van der Waals surface area contributed by atoms with Crippen LogP contribution >= 0.6 is 0 Å². The third-order valence-corrected chi connectivity index (χ3v) is 3.90. The van der Waals surface area contributed by atoms with Gasteiger partial charge in [0.1, 0.15) is 0 Å². The first-order chi connectivity index (χ1) is 11.1. The first-order valence-corrected chi connectivity index (χ1v) is 7.88. The monoisotopic (exact) mass is 316 g/mol. The molecule has 2 rings (SSSR count). The Hall–Kier alpha value is -1.72. The molecule has 0 heterocycles. The Balaban J connectivity index is 1.79. The molecular weight excluding hydrogens is 292 g/mol. The van der Waals surface area contributed by atoms with Crippen LogP contribution in [0, 0.1) is 0 Å². The largest absolute Gasteiger partial charge is 0.393 e. The van der Waals surface area contributed by atoms with E-state index in [1.54, 1.807) is 24.3 Å². The third-order valence-electron chi connectivity index (χ3n) is 3.90. The van der Waals surface area contributed by atoms with Gasteiger partial charge in [0.2, 0.25) is 0 Å². The van der Waals surface area contributed by atoms with E-state index in [4.69, 9.17) is 0 Å². The summed E-state index contributed by atoms with van der Waals surface area (Å²) in [4.78, 5) is 0. The molecular formula is C19H24O4. The molecule has 0 amide bonds. The molecule has 0 bridgehead atoms. The van der Waals surface area contributed by atoms with E-state index in [1.807, 2.05) is 36.4 Å². The van der Waals surface area contributed by atoms with Crippen LogP contribution in [0.2, 0.25) is 0 Å². The third kappa shape index (κ3) is 5.77. The van der Waals surface area contributed by atoms with Gasteiger partial charge in [0, 0.05) is 12.8 Å². The minimum atomic E-state index is -0.830. The van der Waals surface area contributed by atoms with Crippen LogP contribution in [0.3, 0.4) is 0 Å². The number of aliphatic hydroxyl groups excluding tert-OH is 4. The molecule has 4 atom stereocenters. The van der Waals surface area contributed by atoms with Gasteiger partial charge in [0.25, 0.3) is 0 Å². The molecule has 23 heavy (non-hydrogen) atoms. The van der Waals surface area contributed by atoms with Gasteiger partial charge in [0.15, 0.2) is 0 Å². The van der Waals surface area contributed by atoms with Crippen molar-refractivity contribution in [2.45, 2.75) is 43.7 Å². The number of aliphatic hydroxyl groups is 4. The topological polar surface area (TPSA) is 80.9 Å². The second-order valence-electron chi connectivity index (χ2n) is 5.87. The molecule has 124 valence electrons. The van der Waals surface area contributed by atoms with Crippen molar-refractivity contribution in [2.75, 3.05) is 0 Å². The van der Waals surface area contributed by atoms with Crippen LogP contribution in [-0.2, 0) is 0 Å². The lowest BCUT2D eigenvalue weighted by molar-refractivity contribution is 0.0181. The van der Waals surface area contributed by atoms with Crippen molar-refractivity contribution in [1.82, 2.24) is 0 Å². The second-order valence-corrected chi connectivity index (χ2v) is 5.87. The van der Waals surface area contributed by atoms with E-state index in [0.29, 0.717) is 0 Å². The fourth-order valence-corrected chi connectivity index (χ4v) is 2.64. The van der Waals surface area contributed by atoms with Crippen LogP contribution in [-0.4, -0.2) is 32.6 Å². The Morgan fingerprint density at radius 3 is 1.22 bits per heavy atom. The van der Waals surface area contributed by atoms with E-state index in [-0.39, 0.29) is 19.3 Å². The van der Waals surface area contributed by atoms with Crippen molar-refractivity contribution in [3.63, 3.8) is 0 Å². The fraction of sp³-hybridized carbons (Fsp3) is 0.368. The van der Waals surface area contributed by atoms with Crippen LogP contribution in [0.5, 0.6) is 0 Å². The van der Waals surface area contributed by atoms with Crippen molar-refractivity contribution in [1.29, 1.82) is 0 Å². The lowest BCUT2D eigenvalue weighted by Gasteiger charge is -2.21. The van der Waals surface area contributed by atoms with Gasteiger partial charge in [-0.25, -0.2) is 0 Å². The molecule has 2 aromatic carbocycles. The maximum atomic E-state index is 10.1. The van der Waals surface area contributed by atoms with E-state index in [0.717, 1.165) is 11.1 Å². The Labute approximate surface area is 136 Å². The quantitative estimate of drug-likeness (QED) is 0.602. The first-order valence-electron chi connectivity index (χ1n) is 7.88. The number of hydrogen-bond donors (Lipinski definition) is 4. The highest BCUT2D eigenvalue weighted by atomic mass is 16.3. The van der Waals surface area contributed by atoms with Gasteiger partial charge in [-0.05, 0) is 17.5 Å². The number of benzene rings is 2. The molecule has 4 nitrogen and oxygen atoms in total. The summed E-state index contributed by atoms with van der Waals surface area (Å²) in [5.74, 6) is 0. The van der Waals surface area contributed by atoms with Gasteiger partial charge in [-0.2, -0.15) is 0 Å². The zero-order valence-electron chi connectivity index (χ0n) is 13.0. The Bertz CT molecular complexity index is 507. The van der Waals surface area contributed by atoms with Gasteiger partial charge >= 0.3 is 0 Å². The van der Waals surface area contributed by atoms with Crippen molar-refractivity contribution in [2.24, 2.45) is 0 Å². The highest BCUT2D eigenvalue weighted by molar-refractivity contribution is 5.18. The number of hydrogen-bond acceptors (Lipinski definition) is 4. The molecule has 2 aromatic rings. The molecule has 4 heteroatoms. The van der Waals surface area contributed by atoms with Crippen molar-refractivity contribution in [3.05, 3.63) is 71.8 Å². The predicted molar refractivity (Wildman–Crippen MR) is 88.7 cm³/mol. The molecule has 0 unspecified atom stereocenters. The number of rotatable bonds is 8. The fourth-order valence-electron chi connectivity index (χ4n) is 2.64. The lowest BCUT2D eigenvalue weighted by atomic mass is 9.96. The van der Waals surface area contributed by atoms with Crippen molar-refractivity contribution < 1.29 is 20.4 Å². The van der Waals surface area contributed by atoms with Gasteiger partial charge < -0.3 is 20.4 Å². The normalized spacial score (nSPS) is 16.5. The molecule has 0 fully saturated rings. The van der Waals surface area contributed by atoms with E-state index in [2.05, 4.69) is 0 Å². The van der Waals surface area contributed by atoms with Crippen LogP contribution in [0.4, 0.5) is 0 Å². The summed E-state index contributed by atoms with van der Waals surface area (Å²) in [5.41, 5.74) is 1.48. The first kappa shape index (κ1) is 17.6. The Kier molecular flexibility index (Phi) is 6.74. The molecule has 0 saturated heterocycles. The summed E-state index contributed by atoms with van der Waals surface area (Å²) in [6.45, 7) is 0. The molecule has 0 aliphatic heterocycles. The molecule has 0 aliphatic carbocycles. The summed E-state index contributed by atoms with van der Waals surface area (Å²) < 4.78 is 0. The molecule has 4 N–H and O–H groups in total. The molecule has 0 radical (unpaired) electrons. The van der Waals surface area contributed by atoms with Crippen molar-refractivity contribution >= 4 is 0 Å². The van der Waals surface area contributed by atoms with E-state index in [1.165, 1.54) is 0 Å². The minimum Gasteiger partial charge on any atom is -0.393 e. The summed E-state index contributed by atoms with van der Waals surface area (Å²) in [5, 5.41) is 40.2. The standard InChI is InChI=1S/C19H24O4/c20-16(12-18(22)14-7-3-1-4-8-14)11-17(21)13-19(23)15-9-5-2-6-10-15/h1-10,16-23H,11-13H2/t16-,17+,18-,19-/m1/s1. The van der Waals surface area contributed by atoms with Crippen LogP contribution in [0.1, 0.15) is 42.6 Å². The van der Waals surface area contributed by atoms with Crippen LogP contribution < -0.4 is 0 Å². The molecule has 0 aliphatic rings. The Morgan fingerprint density at radius 2 is 0.870 bits per heavy atom. The van der Waals surface area contributed by atoms with E-state index < -0.39 is 24.4 Å². The van der Waals surface area contributed by atoms with Gasteiger partial charge in [0.05, 0.1) is 24.4 Å². The SMILES string of the molecule is O[C@H](C[C@H](O)C[C@@H](O)c1ccccc1)C[C@@H](O)c1ccccc1. The molecule has 0 saturated carbocycles. The summed E-state index contributed by atoms with van der Waals surface area (Å²) in [6, 6.07) is 18.2. The summed E-state index contributed by atoms with van der Waals surface area (Å²) in [6.07, 6.45) is -2.76. The summed E-state index contributed by atoms with van der Waals surface area (Å²) >= 11 is 0. The van der Waals surface area contributed by atoms with E-state index in [9.17, 15) is 20.4 Å². The van der Waals surface area contributed by atoms with Gasteiger partial charge in [-0.3, -0.25) is 0 Å². The Morgan fingerprint density at radius 1 is 0.522 bits per heavy atom. The zero-order valence-corrected chi connectivity index (χ0v) is 13.0. The van der Waals surface area contributed by atoms with Crippen molar-refractivity contribution in [3.8, 4) is 0 Å². The van der Waals surface area contributed by atoms with Gasteiger partial charge in [-0.15, -0.1) is 0 Å². The smallest absolute Gasteiger partial charge is 0.0814 e. The maximum absolute atomic E-state index is 10.1. The predicted octanol–water partition coefficient (Wildman–Crippen LogP) is 2.35. The average Bonchev–Trinajstić information content (AvgIpc) is 2.56. The highest BCUT2D eigenvalue weighted by Crippen LogP contribution is 2.23. The zero-order chi connectivity index (χ0) is 16.7. The van der Waals surface area contributed by atoms with Crippen LogP contribution in [0.25, 0.3) is 0 Å². The highest BCUT2D eigenvalue weighted by Gasteiger charge is 2.20. The summed E-state index contributed by atoms with van der Waals surface area (Å²) in [7, 11) is 0. The molecule has 0 spiro atoms. The second kappa shape index (κ2) is 8.79. The van der Waals surface area contributed by atoms with Crippen LogP contribution in [0.15, 0.2) is 60.7 Å².